The molecular formula is C15H10BrFN2O. The van der Waals surface area contributed by atoms with Crippen LogP contribution in [0.5, 0.6) is 0 Å². The Bertz CT molecular complexity index is 797. The minimum atomic E-state index is -0.470. The molecule has 0 radical (unpaired) electrons. The number of halogens is 2. The zero-order valence-corrected chi connectivity index (χ0v) is 11.9. The molecule has 0 saturated carbocycles. The van der Waals surface area contributed by atoms with Crippen molar-refractivity contribution in [1.29, 1.82) is 0 Å². The summed E-state index contributed by atoms with van der Waals surface area (Å²) in [6.45, 7) is 0. The van der Waals surface area contributed by atoms with E-state index in [4.69, 9.17) is 0 Å². The first-order valence-corrected chi connectivity index (χ1v) is 6.76. The topological polar surface area (TPSA) is 44.9 Å². The summed E-state index contributed by atoms with van der Waals surface area (Å²) in [4.78, 5) is 15.2. The van der Waals surface area contributed by atoms with Crippen molar-refractivity contribution >= 4 is 38.4 Å². The highest BCUT2D eigenvalue weighted by Gasteiger charge is 2.10. The summed E-state index contributed by atoms with van der Waals surface area (Å²) >= 11 is 3.25. The fourth-order valence-electron chi connectivity index (χ4n) is 1.98. The van der Waals surface area contributed by atoms with Crippen LogP contribution in [-0.2, 0) is 0 Å². The van der Waals surface area contributed by atoms with Gasteiger partial charge in [-0.2, -0.15) is 0 Å². The van der Waals surface area contributed by atoms with Gasteiger partial charge >= 0.3 is 0 Å². The van der Waals surface area contributed by atoms with Crippen molar-refractivity contribution in [3.8, 4) is 0 Å². The van der Waals surface area contributed by atoms with Crippen molar-refractivity contribution in [2.24, 2.45) is 0 Å². The van der Waals surface area contributed by atoms with Gasteiger partial charge in [-0.3, -0.25) is 4.79 Å². The molecule has 1 heterocycles. The lowest BCUT2D eigenvalue weighted by molar-refractivity contribution is 0.102. The van der Waals surface area contributed by atoms with E-state index in [1.807, 2.05) is 12.1 Å². The molecule has 0 aliphatic heterocycles. The second kappa shape index (κ2) is 5.09. The van der Waals surface area contributed by atoms with E-state index in [0.29, 0.717) is 10.0 Å². The maximum Gasteiger partial charge on any atom is 0.255 e. The van der Waals surface area contributed by atoms with Crippen molar-refractivity contribution in [2.45, 2.75) is 0 Å². The molecule has 0 unspecified atom stereocenters. The Kier molecular flexibility index (Phi) is 3.28. The number of carbonyl (C=O) groups excluding carboxylic acids is 1. The maximum atomic E-state index is 13.6. The van der Waals surface area contributed by atoms with Crippen LogP contribution < -0.4 is 5.32 Å². The van der Waals surface area contributed by atoms with Gasteiger partial charge in [0.15, 0.2) is 0 Å². The first-order chi connectivity index (χ1) is 9.63. The first-order valence-electron chi connectivity index (χ1n) is 5.97. The van der Waals surface area contributed by atoms with E-state index >= 15 is 0 Å². The summed E-state index contributed by atoms with van der Waals surface area (Å²) < 4.78 is 14.3. The average molecular weight is 333 g/mol. The number of aromatic nitrogens is 1. The SMILES string of the molecule is O=C(Nc1cc(Br)ccc1F)c1ccc2cc[nH]c2c1. The Balaban J connectivity index is 1.90. The largest absolute Gasteiger partial charge is 0.361 e. The quantitative estimate of drug-likeness (QED) is 0.721. The molecule has 2 aromatic carbocycles. The number of benzene rings is 2. The predicted molar refractivity (Wildman–Crippen MR) is 80.4 cm³/mol. The molecule has 0 aliphatic rings. The van der Waals surface area contributed by atoms with Gasteiger partial charge in [-0.05, 0) is 41.8 Å². The van der Waals surface area contributed by atoms with Gasteiger partial charge in [0.2, 0.25) is 0 Å². The zero-order valence-electron chi connectivity index (χ0n) is 10.3. The average Bonchev–Trinajstić information content (AvgIpc) is 2.90. The summed E-state index contributed by atoms with van der Waals surface area (Å²) in [6.07, 6.45) is 1.81. The highest BCUT2D eigenvalue weighted by atomic mass is 79.9. The molecule has 0 atom stereocenters. The summed E-state index contributed by atoms with van der Waals surface area (Å²) in [5, 5.41) is 3.59. The molecule has 0 bridgehead atoms. The highest BCUT2D eigenvalue weighted by Crippen LogP contribution is 2.21. The van der Waals surface area contributed by atoms with Gasteiger partial charge in [0, 0.05) is 21.7 Å². The molecule has 2 N–H and O–H groups in total. The van der Waals surface area contributed by atoms with Crippen molar-refractivity contribution in [1.82, 2.24) is 4.98 Å². The smallest absolute Gasteiger partial charge is 0.255 e. The lowest BCUT2D eigenvalue weighted by atomic mass is 10.1. The molecule has 0 saturated heterocycles. The van der Waals surface area contributed by atoms with Gasteiger partial charge in [-0.25, -0.2) is 4.39 Å². The van der Waals surface area contributed by atoms with Crippen LogP contribution >= 0.6 is 15.9 Å². The van der Waals surface area contributed by atoms with E-state index < -0.39 is 5.82 Å². The monoisotopic (exact) mass is 332 g/mol. The third kappa shape index (κ3) is 2.44. The molecule has 20 heavy (non-hydrogen) atoms. The zero-order chi connectivity index (χ0) is 14.1. The summed E-state index contributed by atoms with van der Waals surface area (Å²) in [6, 6.07) is 11.6. The number of amides is 1. The molecular weight excluding hydrogens is 323 g/mol. The van der Waals surface area contributed by atoms with Crippen LogP contribution in [0.3, 0.4) is 0 Å². The van der Waals surface area contributed by atoms with Crippen molar-refractivity contribution < 1.29 is 9.18 Å². The molecule has 1 aromatic heterocycles. The standard InChI is InChI=1S/C15H10BrFN2O/c16-11-3-4-12(17)14(8-11)19-15(20)10-2-1-9-5-6-18-13(9)7-10/h1-8,18H,(H,19,20). The summed E-state index contributed by atoms with van der Waals surface area (Å²) in [5.41, 5.74) is 1.49. The normalized spacial score (nSPS) is 10.7. The van der Waals surface area contributed by atoms with Gasteiger partial charge in [-0.1, -0.05) is 22.0 Å². The van der Waals surface area contributed by atoms with Gasteiger partial charge in [0.25, 0.3) is 5.91 Å². The van der Waals surface area contributed by atoms with Crippen molar-refractivity contribution in [3.63, 3.8) is 0 Å². The Morgan fingerprint density at radius 3 is 2.85 bits per heavy atom. The van der Waals surface area contributed by atoms with E-state index in [1.165, 1.54) is 12.1 Å². The lowest BCUT2D eigenvalue weighted by Crippen LogP contribution is -2.12. The van der Waals surface area contributed by atoms with Crippen molar-refractivity contribution in [3.05, 3.63) is 64.5 Å². The minimum Gasteiger partial charge on any atom is -0.361 e. The molecule has 0 spiro atoms. The maximum absolute atomic E-state index is 13.6. The molecule has 100 valence electrons. The third-order valence-electron chi connectivity index (χ3n) is 2.99. The molecule has 3 nitrogen and oxygen atoms in total. The number of H-pyrrole nitrogens is 1. The summed E-state index contributed by atoms with van der Waals surface area (Å²) in [5.74, 6) is -0.819. The second-order valence-electron chi connectivity index (χ2n) is 4.36. The van der Waals surface area contributed by atoms with Gasteiger partial charge in [0.1, 0.15) is 5.82 Å². The van der Waals surface area contributed by atoms with E-state index in [1.54, 1.807) is 24.4 Å². The third-order valence-corrected chi connectivity index (χ3v) is 3.49. The summed E-state index contributed by atoms with van der Waals surface area (Å²) in [7, 11) is 0. The van der Waals surface area contributed by atoms with Gasteiger partial charge in [-0.15, -0.1) is 0 Å². The molecule has 0 fully saturated rings. The van der Waals surface area contributed by atoms with Crippen LogP contribution in [0.15, 0.2) is 53.1 Å². The molecule has 1 amide bonds. The number of anilines is 1. The number of carbonyl (C=O) groups is 1. The Morgan fingerprint density at radius 2 is 2.00 bits per heavy atom. The lowest BCUT2D eigenvalue weighted by Gasteiger charge is -2.07. The Morgan fingerprint density at radius 1 is 1.15 bits per heavy atom. The molecule has 3 aromatic rings. The van der Waals surface area contributed by atoms with Crippen LogP contribution in [0.2, 0.25) is 0 Å². The molecule has 3 rings (SSSR count). The Labute approximate surface area is 122 Å². The number of fused-ring (bicyclic) bond motifs is 1. The van der Waals surface area contributed by atoms with Gasteiger partial charge < -0.3 is 10.3 Å². The predicted octanol–water partition coefficient (Wildman–Crippen LogP) is 4.32. The molecule has 5 heteroatoms. The van der Waals surface area contributed by atoms with Crippen LogP contribution in [0.1, 0.15) is 10.4 Å². The fourth-order valence-corrected chi connectivity index (χ4v) is 2.34. The van der Waals surface area contributed by atoms with E-state index in [0.717, 1.165) is 10.9 Å². The number of hydrogen-bond donors (Lipinski definition) is 2. The first kappa shape index (κ1) is 12.9. The minimum absolute atomic E-state index is 0.149. The van der Waals surface area contributed by atoms with E-state index in [9.17, 15) is 9.18 Å². The van der Waals surface area contributed by atoms with E-state index in [-0.39, 0.29) is 11.6 Å². The second-order valence-corrected chi connectivity index (χ2v) is 5.27. The Hall–Kier alpha value is -2.14. The number of nitrogens with one attached hydrogen (secondary N) is 2. The van der Waals surface area contributed by atoms with Crippen LogP contribution in [0.25, 0.3) is 10.9 Å². The van der Waals surface area contributed by atoms with Crippen LogP contribution in [0.4, 0.5) is 10.1 Å². The van der Waals surface area contributed by atoms with Crippen molar-refractivity contribution in [2.75, 3.05) is 5.32 Å². The van der Waals surface area contributed by atoms with Crippen LogP contribution in [0, 0.1) is 5.82 Å². The highest BCUT2D eigenvalue weighted by molar-refractivity contribution is 9.10. The fraction of sp³-hybridized carbons (Fsp3) is 0. The molecule has 0 aliphatic carbocycles. The number of aromatic amines is 1. The van der Waals surface area contributed by atoms with Gasteiger partial charge in [0.05, 0.1) is 5.69 Å². The van der Waals surface area contributed by atoms with Crippen LogP contribution in [-0.4, -0.2) is 10.9 Å². The van der Waals surface area contributed by atoms with E-state index in [2.05, 4.69) is 26.2 Å². The number of rotatable bonds is 2. The number of hydrogen-bond acceptors (Lipinski definition) is 1.